The molecule has 150 valence electrons. The van der Waals surface area contributed by atoms with E-state index >= 15 is 0 Å². The van der Waals surface area contributed by atoms with Crippen molar-refractivity contribution in [2.24, 2.45) is 0 Å². The first-order valence-corrected chi connectivity index (χ1v) is 9.76. The molecule has 0 radical (unpaired) electrons. The molecule has 1 saturated heterocycles. The normalized spacial score (nSPS) is 16.7. The fraction of sp³-hybridized carbons (Fsp3) is 0.350. The summed E-state index contributed by atoms with van der Waals surface area (Å²) in [7, 11) is 0. The van der Waals surface area contributed by atoms with Crippen LogP contribution in [0, 0.1) is 0 Å². The van der Waals surface area contributed by atoms with Crippen LogP contribution in [-0.2, 0) is 6.18 Å². The number of hydrogen-bond donors (Lipinski definition) is 1. The Bertz CT molecular complexity index is 821. The number of rotatable bonds is 3. The highest BCUT2D eigenvalue weighted by atomic mass is 35.5. The van der Waals surface area contributed by atoms with Crippen LogP contribution in [0.4, 0.5) is 18.9 Å². The maximum absolute atomic E-state index is 13.0. The molecular formula is C20H21ClF3N3S. The topological polar surface area (TPSA) is 18.5 Å². The van der Waals surface area contributed by atoms with Gasteiger partial charge in [0.25, 0.3) is 0 Å². The van der Waals surface area contributed by atoms with Gasteiger partial charge in [0.2, 0.25) is 0 Å². The van der Waals surface area contributed by atoms with Gasteiger partial charge in [-0.2, -0.15) is 13.2 Å². The van der Waals surface area contributed by atoms with Gasteiger partial charge in [-0.25, -0.2) is 0 Å². The minimum absolute atomic E-state index is 0.279. The highest BCUT2D eigenvalue weighted by molar-refractivity contribution is 7.80. The minimum atomic E-state index is -4.50. The summed E-state index contributed by atoms with van der Waals surface area (Å²) in [6.45, 7) is 5.25. The lowest BCUT2D eigenvalue weighted by Crippen LogP contribution is -2.50. The fourth-order valence-electron chi connectivity index (χ4n) is 3.28. The lowest BCUT2D eigenvalue weighted by Gasteiger charge is -2.39. The molecule has 28 heavy (non-hydrogen) atoms. The van der Waals surface area contributed by atoms with Gasteiger partial charge in [0, 0.05) is 37.9 Å². The van der Waals surface area contributed by atoms with E-state index in [1.54, 1.807) is 0 Å². The van der Waals surface area contributed by atoms with Gasteiger partial charge in [-0.05, 0) is 42.9 Å². The van der Waals surface area contributed by atoms with Crippen LogP contribution in [0.3, 0.4) is 0 Å². The Labute approximate surface area is 173 Å². The Hall–Kier alpha value is -1.83. The van der Waals surface area contributed by atoms with Gasteiger partial charge in [-0.1, -0.05) is 41.9 Å². The molecular weight excluding hydrogens is 407 g/mol. The molecule has 0 bridgehead atoms. The Balaban J connectivity index is 1.59. The molecule has 0 aromatic heterocycles. The van der Waals surface area contributed by atoms with Crippen molar-refractivity contribution in [3.05, 3.63) is 64.7 Å². The van der Waals surface area contributed by atoms with Crippen molar-refractivity contribution in [2.45, 2.75) is 19.1 Å². The zero-order chi connectivity index (χ0) is 20.3. The van der Waals surface area contributed by atoms with Crippen LogP contribution in [-0.4, -0.2) is 41.1 Å². The number of thiocarbonyl (C=S) groups is 1. The summed E-state index contributed by atoms with van der Waals surface area (Å²) >= 11 is 11.1. The van der Waals surface area contributed by atoms with E-state index in [1.165, 1.54) is 17.7 Å². The number of nitrogens with one attached hydrogen (secondary N) is 1. The highest BCUT2D eigenvalue weighted by Gasteiger charge is 2.33. The first kappa shape index (κ1) is 20.9. The number of benzene rings is 2. The Morgan fingerprint density at radius 2 is 1.71 bits per heavy atom. The molecule has 2 aromatic rings. The summed E-state index contributed by atoms with van der Waals surface area (Å²) in [6.07, 6.45) is -4.50. The lowest BCUT2D eigenvalue weighted by molar-refractivity contribution is -0.137. The van der Waals surface area contributed by atoms with Crippen LogP contribution < -0.4 is 5.32 Å². The molecule has 1 heterocycles. The highest BCUT2D eigenvalue weighted by Crippen LogP contribution is 2.36. The van der Waals surface area contributed by atoms with E-state index in [2.05, 4.69) is 29.3 Å². The smallest absolute Gasteiger partial charge is 0.346 e. The number of alkyl halides is 3. The third kappa shape index (κ3) is 4.96. The molecule has 8 heteroatoms. The monoisotopic (exact) mass is 427 g/mol. The van der Waals surface area contributed by atoms with Gasteiger partial charge in [0.1, 0.15) is 0 Å². The molecule has 1 unspecified atom stereocenters. The second-order valence-corrected chi connectivity index (χ2v) is 7.53. The third-order valence-electron chi connectivity index (χ3n) is 4.95. The molecule has 0 aliphatic carbocycles. The summed E-state index contributed by atoms with van der Waals surface area (Å²) in [4.78, 5) is 4.35. The maximum atomic E-state index is 13.0. The van der Waals surface area contributed by atoms with Gasteiger partial charge in [-0.15, -0.1) is 0 Å². The molecule has 2 aromatic carbocycles. The fourth-order valence-corrected chi connectivity index (χ4v) is 3.80. The quantitative estimate of drug-likeness (QED) is 0.657. The Morgan fingerprint density at radius 1 is 1.07 bits per heavy atom. The summed E-state index contributed by atoms with van der Waals surface area (Å²) in [5, 5.41) is 3.00. The van der Waals surface area contributed by atoms with E-state index in [0.717, 1.165) is 19.2 Å². The van der Waals surface area contributed by atoms with Crippen molar-refractivity contribution in [3.8, 4) is 0 Å². The molecule has 0 amide bonds. The zero-order valence-electron chi connectivity index (χ0n) is 15.3. The van der Waals surface area contributed by atoms with E-state index in [0.29, 0.717) is 24.2 Å². The molecule has 1 aliphatic heterocycles. The van der Waals surface area contributed by atoms with Crippen LogP contribution in [0.5, 0.6) is 0 Å². The summed E-state index contributed by atoms with van der Waals surface area (Å²) < 4.78 is 39.1. The number of halogens is 4. The van der Waals surface area contributed by atoms with E-state index in [4.69, 9.17) is 23.8 Å². The van der Waals surface area contributed by atoms with Crippen molar-refractivity contribution in [2.75, 3.05) is 31.5 Å². The zero-order valence-corrected chi connectivity index (χ0v) is 16.9. The number of hydrogen-bond acceptors (Lipinski definition) is 2. The van der Waals surface area contributed by atoms with Crippen LogP contribution in [0.2, 0.25) is 5.02 Å². The first-order valence-electron chi connectivity index (χ1n) is 8.97. The summed E-state index contributed by atoms with van der Waals surface area (Å²) in [6, 6.07) is 14.3. The van der Waals surface area contributed by atoms with Gasteiger partial charge in [0.05, 0.1) is 10.6 Å². The van der Waals surface area contributed by atoms with Crippen LogP contribution in [0.15, 0.2) is 48.5 Å². The van der Waals surface area contributed by atoms with Crippen molar-refractivity contribution < 1.29 is 13.2 Å². The average Bonchev–Trinajstić information content (AvgIpc) is 2.69. The number of piperazine rings is 1. The largest absolute Gasteiger partial charge is 0.417 e. The van der Waals surface area contributed by atoms with Crippen molar-refractivity contribution in [3.63, 3.8) is 0 Å². The van der Waals surface area contributed by atoms with Crippen LogP contribution >= 0.6 is 23.8 Å². The van der Waals surface area contributed by atoms with Gasteiger partial charge < -0.3 is 10.2 Å². The summed E-state index contributed by atoms with van der Waals surface area (Å²) in [5.41, 5.74) is 0.669. The molecule has 0 spiro atoms. The molecule has 1 atom stereocenters. The second-order valence-electron chi connectivity index (χ2n) is 6.73. The molecule has 1 aliphatic rings. The first-order chi connectivity index (χ1) is 13.3. The number of nitrogens with zero attached hydrogens (tertiary/aromatic N) is 2. The molecule has 1 N–H and O–H groups in total. The van der Waals surface area contributed by atoms with Crippen molar-refractivity contribution in [1.82, 2.24) is 9.80 Å². The van der Waals surface area contributed by atoms with E-state index < -0.39 is 11.7 Å². The minimum Gasteiger partial charge on any atom is -0.346 e. The summed E-state index contributed by atoms with van der Waals surface area (Å²) in [5.74, 6) is 0. The van der Waals surface area contributed by atoms with E-state index in [1.807, 2.05) is 23.1 Å². The predicted octanol–water partition coefficient (Wildman–Crippen LogP) is 5.43. The number of anilines is 1. The van der Waals surface area contributed by atoms with Gasteiger partial charge in [0.15, 0.2) is 5.11 Å². The molecule has 3 nitrogen and oxygen atoms in total. The van der Waals surface area contributed by atoms with Crippen LogP contribution in [0.25, 0.3) is 0 Å². The van der Waals surface area contributed by atoms with E-state index in [9.17, 15) is 13.2 Å². The van der Waals surface area contributed by atoms with Crippen LogP contribution in [0.1, 0.15) is 24.1 Å². The van der Waals surface area contributed by atoms with Crippen molar-refractivity contribution >= 4 is 34.6 Å². The lowest BCUT2D eigenvalue weighted by atomic mass is 10.1. The predicted molar refractivity (Wildman–Crippen MR) is 111 cm³/mol. The average molecular weight is 428 g/mol. The Morgan fingerprint density at radius 3 is 2.32 bits per heavy atom. The maximum Gasteiger partial charge on any atom is 0.417 e. The SMILES string of the molecule is CC(c1ccccc1)N1CCN(C(=S)Nc2ccc(Cl)c(C(F)(F)F)c2)CC1. The molecule has 0 saturated carbocycles. The Kier molecular flexibility index (Phi) is 6.47. The third-order valence-corrected chi connectivity index (χ3v) is 5.64. The van der Waals surface area contributed by atoms with E-state index in [-0.39, 0.29) is 10.7 Å². The van der Waals surface area contributed by atoms with Crippen molar-refractivity contribution in [1.29, 1.82) is 0 Å². The van der Waals surface area contributed by atoms with Gasteiger partial charge in [-0.3, -0.25) is 4.90 Å². The molecule has 3 rings (SSSR count). The second kappa shape index (κ2) is 8.68. The van der Waals surface area contributed by atoms with Gasteiger partial charge >= 0.3 is 6.18 Å². The molecule has 1 fully saturated rings. The standard InChI is InChI=1S/C20H21ClF3N3S/c1-14(15-5-3-2-4-6-15)26-9-11-27(12-10-26)19(28)25-16-7-8-18(21)17(13-16)20(22,23)24/h2-8,13-14H,9-12H2,1H3,(H,25,28).